The van der Waals surface area contributed by atoms with Crippen LogP contribution in [-0.4, -0.2) is 19.9 Å². The van der Waals surface area contributed by atoms with Crippen molar-refractivity contribution >= 4 is 5.71 Å². The second-order valence-corrected chi connectivity index (χ2v) is 4.11. The maximum Gasteiger partial charge on any atom is 0.118 e. The minimum atomic E-state index is 0.737. The van der Waals surface area contributed by atoms with E-state index >= 15 is 0 Å². The van der Waals surface area contributed by atoms with Crippen molar-refractivity contribution in [1.29, 1.82) is 0 Å². The number of hydrogen-bond donors (Lipinski definition) is 0. The molecule has 2 aromatic carbocycles. The first-order valence-electron chi connectivity index (χ1n) is 6.12. The highest BCUT2D eigenvalue weighted by atomic mass is 16.6. The summed E-state index contributed by atoms with van der Waals surface area (Å²) in [4.78, 5) is 4.94. The molecule has 2 aromatic rings. The first kappa shape index (κ1) is 13.1. The lowest BCUT2D eigenvalue weighted by molar-refractivity contribution is 0.213. The van der Waals surface area contributed by atoms with Crippen LogP contribution >= 0.6 is 0 Å². The molecule has 0 unspecified atom stereocenters. The van der Waals surface area contributed by atoms with E-state index in [-0.39, 0.29) is 0 Å². The Morgan fingerprint density at radius 2 is 1.63 bits per heavy atom. The summed E-state index contributed by atoms with van der Waals surface area (Å²) in [6.07, 6.45) is 0.737. The van der Waals surface area contributed by atoms with Gasteiger partial charge in [0.15, 0.2) is 0 Å². The molecule has 3 heteroatoms. The molecule has 0 spiro atoms. The molecule has 0 aliphatic heterocycles. The largest absolute Gasteiger partial charge is 0.497 e. The highest BCUT2D eigenvalue weighted by Gasteiger charge is 2.06. The summed E-state index contributed by atoms with van der Waals surface area (Å²) < 4.78 is 5.16. The van der Waals surface area contributed by atoms with Crippen LogP contribution in [0.15, 0.2) is 59.8 Å². The third-order valence-corrected chi connectivity index (χ3v) is 2.84. The van der Waals surface area contributed by atoms with E-state index in [0.29, 0.717) is 0 Å². The zero-order valence-electron chi connectivity index (χ0n) is 11.2. The smallest absolute Gasteiger partial charge is 0.118 e. The minimum absolute atomic E-state index is 0.737. The molecule has 0 radical (unpaired) electrons. The SMILES string of the molecule is CO/N=C(\Cc1ccccc1)c1ccc(OC)cc1. The fourth-order valence-electron chi connectivity index (χ4n) is 1.87. The summed E-state index contributed by atoms with van der Waals surface area (Å²) in [7, 11) is 3.22. The second kappa shape index (κ2) is 6.59. The normalized spacial score (nSPS) is 11.2. The number of rotatable bonds is 5. The molecular weight excluding hydrogens is 238 g/mol. The molecule has 0 aliphatic carbocycles. The topological polar surface area (TPSA) is 30.8 Å². The molecule has 0 aromatic heterocycles. The number of nitrogens with zero attached hydrogens (tertiary/aromatic N) is 1. The van der Waals surface area contributed by atoms with Gasteiger partial charge in [-0.2, -0.15) is 0 Å². The Hall–Kier alpha value is -2.29. The van der Waals surface area contributed by atoms with Gasteiger partial charge in [-0.3, -0.25) is 0 Å². The lowest BCUT2D eigenvalue weighted by Gasteiger charge is -2.07. The predicted octanol–water partition coefficient (Wildman–Crippen LogP) is 3.29. The van der Waals surface area contributed by atoms with Crippen molar-refractivity contribution in [3.8, 4) is 5.75 Å². The Labute approximate surface area is 113 Å². The molecule has 0 saturated carbocycles. The van der Waals surface area contributed by atoms with E-state index in [4.69, 9.17) is 9.57 Å². The Balaban J connectivity index is 2.22. The summed E-state index contributed by atoms with van der Waals surface area (Å²) in [5, 5.41) is 4.12. The van der Waals surface area contributed by atoms with E-state index in [1.807, 2.05) is 42.5 Å². The van der Waals surface area contributed by atoms with Crippen LogP contribution < -0.4 is 4.74 Å². The molecule has 0 bridgehead atoms. The highest BCUT2D eigenvalue weighted by Crippen LogP contribution is 2.14. The van der Waals surface area contributed by atoms with Gasteiger partial charge in [0.1, 0.15) is 12.9 Å². The molecule has 0 heterocycles. The fourth-order valence-corrected chi connectivity index (χ4v) is 1.87. The number of hydrogen-bond acceptors (Lipinski definition) is 3. The van der Waals surface area contributed by atoms with E-state index in [1.165, 1.54) is 5.56 Å². The summed E-state index contributed by atoms with van der Waals surface area (Å²) >= 11 is 0. The monoisotopic (exact) mass is 255 g/mol. The third-order valence-electron chi connectivity index (χ3n) is 2.84. The first-order valence-corrected chi connectivity index (χ1v) is 6.12. The fraction of sp³-hybridized carbons (Fsp3) is 0.188. The van der Waals surface area contributed by atoms with Crippen molar-refractivity contribution in [3.63, 3.8) is 0 Å². The Morgan fingerprint density at radius 3 is 2.21 bits per heavy atom. The van der Waals surface area contributed by atoms with E-state index in [1.54, 1.807) is 14.2 Å². The zero-order valence-corrected chi connectivity index (χ0v) is 11.2. The number of oxime groups is 1. The van der Waals surface area contributed by atoms with Gasteiger partial charge in [0.25, 0.3) is 0 Å². The molecule has 0 fully saturated rings. The van der Waals surface area contributed by atoms with Crippen molar-refractivity contribution in [2.24, 2.45) is 5.16 Å². The Bertz CT molecular complexity index is 532. The van der Waals surface area contributed by atoms with Crippen LogP contribution in [0.1, 0.15) is 11.1 Å². The minimum Gasteiger partial charge on any atom is -0.497 e. The van der Waals surface area contributed by atoms with Crippen LogP contribution in [0.25, 0.3) is 0 Å². The Morgan fingerprint density at radius 1 is 0.947 bits per heavy atom. The maximum atomic E-state index is 5.16. The van der Waals surface area contributed by atoms with E-state index in [0.717, 1.165) is 23.4 Å². The molecule has 0 amide bonds. The van der Waals surface area contributed by atoms with E-state index in [2.05, 4.69) is 17.3 Å². The van der Waals surface area contributed by atoms with Gasteiger partial charge in [0.2, 0.25) is 0 Å². The van der Waals surface area contributed by atoms with Crippen molar-refractivity contribution in [2.75, 3.05) is 14.2 Å². The van der Waals surface area contributed by atoms with Gasteiger partial charge in [0.05, 0.1) is 12.8 Å². The van der Waals surface area contributed by atoms with Crippen LogP contribution in [-0.2, 0) is 11.3 Å². The van der Waals surface area contributed by atoms with Gasteiger partial charge in [-0.05, 0) is 35.4 Å². The first-order chi connectivity index (χ1) is 9.33. The standard InChI is InChI=1S/C16H17NO2/c1-18-15-10-8-14(9-11-15)16(17-19-2)12-13-6-4-3-5-7-13/h3-11H,12H2,1-2H3/b17-16+. The van der Waals surface area contributed by atoms with Crippen LogP contribution in [0.5, 0.6) is 5.75 Å². The van der Waals surface area contributed by atoms with E-state index in [9.17, 15) is 0 Å². The van der Waals surface area contributed by atoms with Crippen LogP contribution in [0, 0.1) is 0 Å². The van der Waals surface area contributed by atoms with Gasteiger partial charge in [-0.1, -0.05) is 35.5 Å². The average molecular weight is 255 g/mol. The molecule has 3 nitrogen and oxygen atoms in total. The van der Waals surface area contributed by atoms with Crippen molar-refractivity contribution < 1.29 is 9.57 Å². The highest BCUT2D eigenvalue weighted by molar-refractivity contribution is 6.01. The summed E-state index contributed by atoms with van der Waals surface area (Å²) in [5.41, 5.74) is 3.14. The van der Waals surface area contributed by atoms with Crippen molar-refractivity contribution in [1.82, 2.24) is 0 Å². The molecule has 0 aliphatic rings. The number of ether oxygens (including phenoxy) is 1. The van der Waals surface area contributed by atoms with Crippen LogP contribution in [0.2, 0.25) is 0 Å². The quantitative estimate of drug-likeness (QED) is 0.606. The van der Waals surface area contributed by atoms with Gasteiger partial charge in [-0.25, -0.2) is 0 Å². The predicted molar refractivity (Wildman–Crippen MR) is 76.7 cm³/mol. The molecule has 19 heavy (non-hydrogen) atoms. The summed E-state index contributed by atoms with van der Waals surface area (Å²) in [5.74, 6) is 0.834. The van der Waals surface area contributed by atoms with Crippen molar-refractivity contribution in [3.05, 3.63) is 65.7 Å². The molecular formula is C16H17NO2. The van der Waals surface area contributed by atoms with Crippen molar-refractivity contribution in [2.45, 2.75) is 6.42 Å². The molecule has 0 atom stereocenters. The van der Waals surface area contributed by atoms with E-state index < -0.39 is 0 Å². The molecule has 0 N–H and O–H groups in total. The maximum absolute atomic E-state index is 5.16. The zero-order chi connectivity index (χ0) is 13.5. The average Bonchev–Trinajstić information content (AvgIpc) is 2.48. The van der Waals surface area contributed by atoms with Gasteiger partial charge < -0.3 is 9.57 Å². The van der Waals surface area contributed by atoms with Gasteiger partial charge in [0, 0.05) is 6.42 Å². The molecule has 2 rings (SSSR count). The number of benzene rings is 2. The molecule has 0 saturated heterocycles. The van der Waals surface area contributed by atoms with Crippen LogP contribution in [0.3, 0.4) is 0 Å². The lowest BCUT2D eigenvalue weighted by atomic mass is 10.0. The lowest BCUT2D eigenvalue weighted by Crippen LogP contribution is -2.06. The van der Waals surface area contributed by atoms with Crippen LogP contribution in [0.4, 0.5) is 0 Å². The second-order valence-electron chi connectivity index (χ2n) is 4.11. The Kier molecular flexibility index (Phi) is 4.56. The van der Waals surface area contributed by atoms with Gasteiger partial charge in [-0.15, -0.1) is 0 Å². The summed E-state index contributed by atoms with van der Waals surface area (Å²) in [6.45, 7) is 0. The number of methoxy groups -OCH3 is 1. The summed E-state index contributed by atoms with van der Waals surface area (Å²) in [6, 6.07) is 18.0. The van der Waals surface area contributed by atoms with Gasteiger partial charge >= 0.3 is 0 Å². The molecule has 98 valence electrons. The third kappa shape index (κ3) is 3.58.